The smallest absolute Gasteiger partial charge is 0.109 e. The van der Waals surface area contributed by atoms with Crippen molar-refractivity contribution in [2.75, 3.05) is 20.6 Å². The van der Waals surface area contributed by atoms with Gasteiger partial charge in [0.2, 0.25) is 0 Å². The van der Waals surface area contributed by atoms with Crippen molar-refractivity contribution in [3.8, 4) is 0 Å². The molecule has 2 aliphatic rings. The SMILES string of the molecule is BC1(C)CCCC2/C(=N\C)N(C)CCC2C1. The average Bonchev–Trinajstić information content (AvgIpc) is 2.36. The van der Waals surface area contributed by atoms with Gasteiger partial charge in [-0.2, -0.15) is 0 Å². The Morgan fingerprint density at radius 3 is 2.88 bits per heavy atom. The molecule has 3 atom stereocenters. The molecule has 1 aliphatic carbocycles. The zero-order chi connectivity index (χ0) is 11.8. The van der Waals surface area contributed by atoms with Crippen LogP contribution in [0, 0.1) is 11.8 Å². The summed E-state index contributed by atoms with van der Waals surface area (Å²) in [7, 11) is 6.61. The van der Waals surface area contributed by atoms with Gasteiger partial charge in [0.15, 0.2) is 0 Å². The van der Waals surface area contributed by atoms with Crippen molar-refractivity contribution in [2.45, 2.75) is 44.3 Å². The van der Waals surface area contributed by atoms with Crippen molar-refractivity contribution in [3.63, 3.8) is 0 Å². The van der Waals surface area contributed by atoms with Crippen molar-refractivity contribution in [1.29, 1.82) is 0 Å². The number of piperidine rings is 1. The summed E-state index contributed by atoms with van der Waals surface area (Å²) >= 11 is 0. The summed E-state index contributed by atoms with van der Waals surface area (Å²) in [5.74, 6) is 2.99. The van der Waals surface area contributed by atoms with Crippen LogP contribution in [0.4, 0.5) is 0 Å². The van der Waals surface area contributed by atoms with E-state index in [1.54, 1.807) is 0 Å². The van der Waals surface area contributed by atoms with Crippen molar-refractivity contribution < 1.29 is 0 Å². The second kappa shape index (κ2) is 4.42. The van der Waals surface area contributed by atoms with Gasteiger partial charge in [0.25, 0.3) is 0 Å². The van der Waals surface area contributed by atoms with Crippen LogP contribution >= 0.6 is 0 Å². The molecule has 0 amide bonds. The maximum absolute atomic E-state index is 4.54. The maximum Gasteiger partial charge on any atom is 0.109 e. The first kappa shape index (κ1) is 12.0. The highest BCUT2D eigenvalue weighted by Crippen LogP contribution is 2.46. The average molecular weight is 220 g/mol. The summed E-state index contributed by atoms with van der Waals surface area (Å²) in [4.78, 5) is 6.92. The lowest BCUT2D eigenvalue weighted by molar-refractivity contribution is 0.255. The lowest BCUT2D eigenvalue weighted by Gasteiger charge is -2.40. The van der Waals surface area contributed by atoms with Crippen molar-refractivity contribution >= 4 is 13.7 Å². The van der Waals surface area contributed by atoms with Gasteiger partial charge >= 0.3 is 0 Å². The highest BCUT2D eigenvalue weighted by Gasteiger charge is 2.38. The van der Waals surface area contributed by atoms with Crippen LogP contribution in [0.5, 0.6) is 0 Å². The van der Waals surface area contributed by atoms with Crippen LogP contribution in [0.25, 0.3) is 0 Å². The molecule has 90 valence electrons. The minimum absolute atomic E-state index is 0.550. The molecule has 0 spiro atoms. The summed E-state index contributed by atoms with van der Waals surface area (Å²) in [5.41, 5.74) is 0. The highest BCUT2D eigenvalue weighted by atomic mass is 15.2. The molecule has 0 aromatic heterocycles. The Morgan fingerprint density at radius 1 is 1.44 bits per heavy atom. The van der Waals surface area contributed by atoms with Gasteiger partial charge < -0.3 is 4.90 Å². The standard InChI is InChI=1S/C13H25BN2/c1-13(14)7-4-5-11-10(9-13)6-8-16(3)12(11)15-2/h10-11H,4-9,14H2,1-3H3/b15-12+. The minimum Gasteiger partial charge on any atom is -0.363 e. The highest BCUT2D eigenvalue weighted by molar-refractivity contribution is 6.14. The molecule has 0 N–H and O–H groups in total. The Morgan fingerprint density at radius 2 is 2.19 bits per heavy atom. The number of amidine groups is 1. The Kier molecular flexibility index (Phi) is 3.32. The van der Waals surface area contributed by atoms with E-state index in [2.05, 4.69) is 31.7 Å². The molecule has 0 aromatic carbocycles. The van der Waals surface area contributed by atoms with Gasteiger partial charge in [0.05, 0.1) is 0 Å². The zero-order valence-electron chi connectivity index (χ0n) is 11.3. The molecule has 3 heteroatoms. The summed E-state index contributed by atoms with van der Waals surface area (Å²) in [6, 6.07) is 0. The van der Waals surface area contributed by atoms with Gasteiger partial charge in [-0.05, 0) is 18.8 Å². The van der Waals surface area contributed by atoms with E-state index in [0.717, 1.165) is 11.8 Å². The van der Waals surface area contributed by atoms with Crippen LogP contribution in [0.15, 0.2) is 4.99 Å². The minimum atomic E-state index is 0.550. The first-order valence-corrected chi connectivity index (χ1v) is 6.71. The molecule has 2 nitrogen and oxygen atoms in total. The monoisotopic (exact) mass is 220 g/mol. The predicted molar refractivity (Wildman–Crippen MR) is 73.0 cm³/mol. The summed E-state index contributed by atoms with van der Waals surface area (Å²) in [6.45, 7) is 3.64. The van der Waals surface area contributed by atoms with Gasteiger partial charge in [0, 0.05) is 26.6 Å². The van der Waals surface area contributed by atoms with Crippen LogP contribution in [0.2, 0.25) is 5.31 Å². The van der Waals surface area contributed by atoms with E-state index >= 15 is 0 Å². The van der Waals surface area contributed by atoms with E-state index < -0.39 is 0 Å². The number of nitrogens with zero attached hydrogens (tertiary/aromatic N) is 2. The summed E-state index contributed by atoms with van der Waals surface area (Å²) in [5, 5.41) is 0.550. The van der Waals surface area contributed by atoms with E-state index in [4.69, 9.17) is 0 Å². The van der Waals surface area contributed by atoms with Crippen LogP contribution in [-0.4, -0.2) is 39.2 Å². The number of likely N-dealkylation sites (tertiary alicyclic amines) is 1. The summed E-state index contributed by atoms with van der Waals surface area (Å²) < 4.78 is 0. The second-order valence-corrected chi connectivity index (χ2v) is 6.42. The molecule has 0 radical (unpaired) electrons. The third-order valence-electron chi connectivity index (χ3n) is 4.54. The van der Waals surface area contributed by atoms with Gasteiger partial charge in [-0.25, -0.2) is 0 Å². The first-order valence-electron chi connectivity index (χ1n) is 6.71. The number of rotatable bonds is 0. The maximum atomic E-state index is 4.54. The molecular formula is C13H25BN2. The van der Waals surface area contributed by atoms with Crippen LogP contribution in [0.3, 0.4) is 0 Å². The predicted octanol–water partition coefficient (Wildman–Crippen LogP) is 1.97. The van der Waals surface area contributed by atoms with Crippen LogP contribution < -0.4 is 0 Å². The molecule has 1 saturated carbocycles. The van der Waals surface area contributed by atoms with E-state index in [9.17, 15) is 0 Å². The molecule has 2 rings (SSSR count). The third kappa shape index (κ3) is 2.28. The normalized spacial score (nSPS) is 42.9. The fraction of sp³-hybridized carbons (Fsp3) is 0.923. The number of fused-ring (bicyclic) bond motifs is 1. The Labute approximate surface area is 101 Å². The number of aliphatic imine (C=N–C) groups is 1. The van der Waals surface area contributed by atoms with E-state index in [-0.39, 0.29) is 0 Å². The quantitative estimate of drug-likeness (QED) is 0.570. The molecule has 16 heavy (non-hydrogen) atoms. The van der Waals surface area contributed by atoms with Gasteiger partial charge in [-0.1, -0.05) is 31.5 Å². The molecule has 1 heterocycles. The fourth-order valence-corrected chi connectivity index (χ4v) is 3.73. The molecular weight excluding hydrogens is 195 g/mol. The van der Waals surface area contributed by atoms with Crippen molar-refractivity contribution in [1.82, 2.24) is 4.90 Å². The zero-order valence-corrected chi connectivity index (χ0v) is 11.3. The lowest BCUT2D eigenvalue weighted by Crippen LogP contribution is -2.43. The number of hydrogen-bond acceptors (Lipinski definition) is 1. The Hall–Kier alpha value is -0.465. The van der Waals surface area contributed by atoms with E-state index in [1.165, 1.54) is 44.5 Å². The molecule has 1 aliphatic heterocycles. The molecule has 0 aromatic rings. The third-order valence-corrected chi connectivity index (χ3v) is 4.54. The Balaban J connectivity index is 2.19. The van der Waals surface area contributed by atoms with Crippen LogP contribution in [0.1, 0.15) is 39.0 Å². The van der Waals surface area contributed by atoms with Gasteiger partial charge in [0.1, 0.15) is 13.7 Å². The van der Waals surface area contributed by atoms with Crippen LogP contribution in [-0.2, 0) is 0 Å². The van der Waals surface area contributed by atoms with Gasteiger partial charge in [-0.3, -0.25) is 4.99 Å². The summed E-state index contributed by atoms with van der Waals surface area (Å²) in [6.07, 6.45) is 6.88. The molecule has 0 bridgehead atoms. The lowest BCUT2D eigenvalue weighted by atomic mass is 9.62. The first-order chi connectivity index (χ1) is 7.53. The molecule has 1 saturated heterocycles. The van der Waals surface area contributed by atoms with Crippen molar-refractivity contribution in [2.24, 2.45) is 16.8 Å². The van der Waals surface area contributed by atoms with Gasteiger partial charge in [-0.15, -0.1) is 0 Å². The van der Waals surface area contributed by atoms with E-state index in [1.807, 2.05) is 7.05 Å². The van der Waals surface area contributed by atoms with Crippen molar-refractivity contribution in [3.05, 3.63) is 0 Å². The topological polar surface area (TPSA) is 15.6 Å². The second-order valence-electron chi connectivity index (χ2n) is 6.42. The van der Waals surface area contributed by atoms with E-state index in [0.29, 0.717) is 5.31 Å². The molecule has 2 fully saturated rings. The fourth-order valence-electron chi connectivity index (χ4n) is 3.73. The number of hydrogen-bond donors (Lipinski definition) is 0. The molecule has 3 unspecified atom stereocenters. The Bertz CT molecular complexity index is 286. The largest absolute Gasteiger partial charge is 0.363 e.